The van der Waals surface area contributed by atoms with Crippen LogP contribution in [-0.2, 0) is 0 Å². The van der Waals surface area contributed by atoms with Crippen LogP contribution in [0.4, 0.5) is 105 Å². The quantitative estimate of drug-likeness (QED) is 0.0666. The van der Waals surface area contributed by atoms with Gasteiger partial charge in [0.1, 0.15) is 52.7 Å². The lowest BCUT2D eigenvalue weighted by Gasteiger charge is -2.44. The minimum atomic E-state index is -7.22. The molecular weight excluding hydrogens is 909 g/mol. The van der Waals surface area contributed by atoms with Crippen molar-refractivity contribution in [3.05, 3.63) is 207 Å². The maximum Gasteiger partial charge on any atom is 0.200 e. The van der Waals surface area contributed by atoms with Crippen LogP contribution in [0.2, 0.25) is 0 Å². The van der Waals surface area contributed by atoms with Crippen molar-refractivity contribution in [3.8, 4) is 0 Å². The molecule has 0 aliphatic rings. The second-order valence-electron chi connectivity index (χ2n) is 13.1. The molecule has 7 rings (SSSR count). The van der Waals surface area contributed by atoms with E-state index in [2.05, 4.69) is 77.7 Å². The fraction of sp³-hybridized carbons (Fsp3) is 0. The SMILES string of the molecule is Fc1c(F)c(F)c([B-](c2c(F)c(F)c(F)c(F)c2F)(c2c(F)c(F)c(F)c(F)c2F)c2c(F)c(F)c(F)c(F)c2F)c(F)c1F.c1ccc(N(c2ccccc2)c2ccccc2)cc1. The molecule has 1 nitrogen and oxygen atoms in total. The number of para-hydroxylation sites is 3. The number of nitrogens with zero attached hydrogens (tertiary/aromatic N) is 1. The van der Waals surface area contributed by atoms with Crippen molar-refractivity contribution in [3.63, 3.8) is 0 Å². The van der Waals surface area contributed by atoms with Crippen LogP contribution in [0.5, 0.6) is 0 Å². The molecule has 0 aliphatic heterocycles. The van der Waals surface area contributed by atoms with Crippen LogP contribution in [0.1, 0.15) is 0 Å². The fourth-order valence-electron chi connectivity index (χ4n) is 7.05. The van der Waals surface area contributed by atoms with Gasteiger partial charge in [-0.3, -0.25) is 0 Å². The molecule has 0 saturated carbocycles. The molecule has 0 radical (unpaired) electrons. The first-order valence-electron chi connectivity index (χ1n) is 17.3. The summed E-state index contributed by atoms with van der Waals surface area (Å²) in [4.78, 5) is 2.25. The predicted molar refractivity (Wildman–Crippen MR) is 190 cm³/mol. The number of rotatable bonds is 7. The van der Waals surface area contributed by atoms with E-state index < -0.39 is 144 Å². The first kappa shape index (κ1) is 46.5. The van der Waals surface area contributed by atoms with Crippen LogP contribution < -0.4 is 26.8 Å². The lowest BCUT2D eigenvalue weighted by molar-refractivity contribution is 0.378. The molecule has 0 amide bonds. The number of hydrogen-bond acceptors (Lipinski definition) is 1. The normalized spacial score (nSPS) is 11.4. The Bertz CT molecular complexity index is 2460. The highest BCUT2D eigenvalue weighted by Crippen LogP contribution is 2.34. The largest absolute Gasteiger partial charge is 0.311 e. The van der Waals surface area contributed by atoms with Gasteiger partial charge in [-0.05, 0) is 36.4 Å². The van der Waals surface area contributed by atoms with Crippen LogP contribution in [0.15, 0.2) is 91.0 Å². The number of hydrogen-bond donors (Lipinski definition) is 0. The molecule has 64 heavy (non-hydrogen) atoms. The van der Waals surface area contributed by atoms with Gasteiger partial charge < -0.3 is 4.90 Å². The lowest BCUT2D eigenvalue weighted by atomic mass is 9.12. The van der Waals surface area contributed by atoms with Gasteiger partial charge in [0.2, 0.25) is 0 Å². The van der Waals surface area contributed by atoms with E-state index in [0.29, 0.717) is 0 Å². The molecule has 0 spiro atoms. The third-order valence-corrected chi connectivity index (χ3v) is 9.75. The fourth-order valence-corrected chi connectivity index (χ4v) is 7.05. The van der Waals surface area contributed by atoms with Crippen molar-refractivity contribution >= 4 is 45.1 Å². The van der Waals surface area contributed by atoms with Crippen molar-refractivity contribution < 1.29 is 87.8 Å². The van der Waals surface area contributed by atoms with Crippen molar-refractivity contribution in [2.75, 3.05) is 4.90 Å². The topological polar surface area (TPSA) is 3.24 Å². The summed E-state index contributed by atoms with van der Waals surface area (Å²) >= 11 is 0. The molecule has 0 aromatic heterocycles. The van der Waals surface area contributed by atoms with Gasteiger partial charge in [-0.25, -0.2) is 87.8 Å². The average Bonchev–Trinajstić information content (AvgIpc) is 3.30. The highest BCUT2D eigenvalue weighted by atomic mass is 19.2. The van der Waals surface area contributed by atoms with E-state index in [4.69, 9.17) is 0 Å². The van der Waals surface area contributed by atoms with Gasteiger partial charge >= 0.3 is 0 Å². The van der Waals surface area contributed by atoms with Gasteiger partial charge in [-0.15, -0.1) is 21.9 Å². The Kier molecular flexibility index (Phi) is 12.8. The number of benzene rings is 7. The van der Waals surface area contributed by atoms with E-state index in [9.17, 15) is 52.7 Å². The Morgan fingerprint density at radius 3 is 0.500 bits per heavy atom. The maximum atomic E-state index is 15.4. The third-order valence-electron chi connectivity index (χ3n) is 9.75. The van der Waals surface area contributed by atoms with E-state index in [1.165, 1.54) is 17.1 Å². The standard InChI is InChI=1S/C24BF20.C18H15N/c26-5-1(6(27)14(35)21(42)13(5)34)25(2-7(28)15(36)22(43)16(37)8(2)29,3-9(30)17(38)23(44)18(39)10(3)31)4-11(32)19(40)24(45)20(41)12(4)33;1-4-10-16(11-5-1)19(17-12-6-2-7-13-17)18-14-8-3-9-15-18/h;1-15H/q-1;. The minimum absolute atomic E-state index is 1.17. The molecule has 7 aromatic carbocycles. The molecule has 22 heteroatoms. The van der Waals surface area contributed by atoms with Crippen LogP contribution in [-0.4, -0.2) is 6.15 Å². The summed E-state index contributed by atoms with van der Waals surface area (Å²) in [6.45, 7) is 0. The summed E-state index contributed by atoms with van der Waals surface area (Å²) in [6.07, 6.45) is -7.22. The van der Waals surface area contributed by atoms with Crippen molar-refractivity contribution in [1.82, 2.24) is 0 Å². The Hall–Kier alpha value is -7.00. The molecule has 0 aliphatic carbocycles. The predicted octanol–water partition coefficient (Wildman–Crippen LogP) is 11.0. The highest BCUT2D eigenvalue weighted by molar-refractivity contribution is 7.20. The van der Waals surface area contributed by atoms with E-state index in [1.807, 2.05) is 18.2 Å². The van der Waals surface area contributed by atoms with Gasteiger partial charge in [0, 0.05) is 17.1 Å². The van der Waals surface area contributed by atoms with E-state index in [1.54, 1.807) is 0 Å². The maximum absolute atomic E-state index is 15.4. The Morgan fingerprint density at radius 2 is 0.344 bits per heavy atom. The first-order valence-corrected chi connectivity index (χ1v) is 17.3. The molecule has 0 heterocycles. The average molecular weight is 924 g/mol. The number of anilines is 3. The van der Waals surface area contributed by atoms with Crippen LogP contribution >= 0.6 is 0 Å². The summed E-state index contributed by atoms with van der Waals surface area (Å²) < 4.78 is 294. The molecule has 332 valence electrons. The van der Waals surface area contributed by atoms with E-state index >= 15 is 35.1 Å². The van der Waals surface area contributed by atoms with Gasteiger partial charge in [0.05, 0.1) is 0 Å². The molecule has 0 N–H and O–H groups in total. The highest BCUT2D eigenvalue weighted by Gasteiger charge is 2.52. The smallest absolute Gasteiger partial charge is 0.200 e. The van der Waals surface area contributed by atoms with Crippen LogP contribution in [0.3, 0.4) is 0 Å². The summed E-state index contributed by atoms with van der Waals surface area (Å²) in [5.74, 6) is -71.4. The molecule has 0 bridgehead atoms. The van der Waals surface area contributed by atoms with Gasteiger partial charge in [-0.1, -0.05) is 54.6 Å². The van der Waals surface area contributed by atoms with Crippen LogP contribution in [0.25, 0.3) is 0 Å². The van der Waals surface area contributed by atoms with Crippen LogP contribution in [0, 0.1) is 116 Å². The minimum Gasteiger partial charge on any atom is -0.311 e. The van der Waals surface area contributed by atoms with Gasteiger partial charge in [0.15, 0.2) is 69.8 Å². The Balaban J connectivity index is 0.000000295. The van der Waals surface area contributed by atoms with E-state index in [0.717, 1.165) is 0 Å². The monoisotopic (exact) mass is 924 g/mol. The van der Waals surface area contributed by atoms with Gasteiger partial charge in [-0.2, -0.15) is 0 Å². The summed E-state index contributed by atoms with van der Waals surface area (Å²) in [6, 6.07) is 31.3. The first-order chi connectivity index (χ1) is 30.2. The van der Waals surface area contributed by atoms with Crippen molar-refractivity contribution in [2.24, 2.45) is 0 Å². The molecule has 0 unspecified atom stereocenters. The Morgan fingerprint density at radius 1 is 0.203 bits per heavy atom. The van der Waals surface area contributed by atoms with E-state index in [-0.39, 0.29) is 0 Å². The van der Waals surface area contributed by atoms with Crippen molar-refractivity contribution in [1.29, 1.82) is 0 Å². The molecule has 0 atom stereocenters. The number of halogens is 20. The third kappa shape index (κ3) is 7.23. The zero-order chi connectivity index (χ0) is 47.3. The zero-order valence-electron chi connectivity index (χ0n) is 30.7. The molecule has 0 fully saturated rings. The summed E-state index contributed by atoms with van der Waals surface area (Å²) in [7, 11) is 0. The summed E-state index contributed by atoms with van der Waals surface area (Å²) in [5.41, 5.74) is -10.8. The second-order valence-corrected chi connectivity index (χ2v) is 13.1. The Labute approximate surface area is 345 Å². The molecular formula is C42H15BF20N-. The molecule has 7 aromatic rings. The lowest BCUT2D eigenvalue weighted by Crippen LogP contribution is -2.81. The second kappa shape index (κ2) is 17.6. The zero-order valence-corrected chi connectivity index (χ0v) is 30.7. The van der Waals surface area contributed by atoms with Crippen molar-refractivity contribution in [2.45, 2.75) is 0 Å². The summed E-state index contributed by atoms with van der Waals surface area (Å²) in [5, 5.41) is 0. The van der Waals surface area contributed by atoms with Gasteiger partial charge in [0.25, 0.3) is 0 Å². The molecule has 0 saturated heterocycles.